The van der Waals surface area contributed by atoms with Crippen LogP contribution in [0.3, 0.4) is 0 Å². The van der Waals surface area contributed by atoms with E-state index in [0.29, 0.717) is 23.8 Å². The Hall–Kier alpha value is -2.67. The Morgan fingerprint density at radius 3 is 2.65 bits per heavy atom. The van der Waals surface area contributed by atoms with E-state index >= 15 is 0 Å². The van der Waals surface area contributed by atoms with Crippen LogP contribution in [-0.2, 0) is 11.2 Å². The fraction of sp³-hybridized carbons (Fsp3) is 0.211. The molecule has 0 saturated carbocycles. The lowest BCUT2D eigenvalue weighted by Crippen LogP contribution is -2.12. The van der Waals surface area contributed by atoms with E-state index in [1.165, 1.54) is 12.1 Å². The Morgan fingerprint density at radius 1 is 1.15 bits per heavy atom. The number of aryl methyl sites for hydroxylation is 1. The monoisotopic (exact) mass is 371 g/mol. The summed E-state index contributed by atoms with van der Waals surface area (Å²) < 4.78 is 18.6. The van der Waals surface area contributed by atoms with Crippen molar-refractivity contribution >= 4 is 23.4 Å². The summed E-state index contributed by atoms with van der Waals surface area (Å²) in [6, 6.07) is 9.69. The Balaban J connectivity index is 1.52. The van der Waals surface area contributed by atoms with E-state index in [2.05, 4.69) is 22.2 Å². The van der Waals surface area contributed by atoms with Crippen molar-refractivity contribution in [3.8, 4) is 11.3 Å². The molecule has 0 aliphatic carbocycles. The Morgan fingerprint density at radius 2 is 1.96 bits per heavy atom. The minimum Gasteiger partial charge on any atom is -0.441 e. The summed E-state index contributed by atoms with van der Waals surface area (Å²) in [6.45, 7) is 2.06. The molecule has 1 amide bonds. The lowest BCUT2D eigenvalue weighted by Gasteiger charge is -2.04. The smallest absolute Gasteiger partial charge is 0.224 e. The molecule has 0 aliphatic heterocycles. The van der Waals surface area contributed by atoms with Gasteiger partial charge in [0, 0.05) is 18.4 Å². The first-order valence-electron chi connectivity index (χ1n) is 8.23. The SMILES string of the molecule is CCSc1ccc(NC(=O)CCc2ncc(-c3ccc(F)cc3)o2)cn1. The lowest BCUT2D eigenvalue weighted by molar-refractivity contribution is -0.116. The third kappa shape index (κ3) is 4.92. The molecule has 0 bridgehead atoms. The third-order valence-corrected chi connectivity index (χ3v) is 4.39. The molecule has 0 aliphatic rings. The molecule has 0 unspecified atom stereocenters. The second-order valence-corrected chi connectivity index (χ2v) is 6.78. The first-order chi connectivity index (χ1) is 12.6. The number of oxazole rings is 1. The predicted octanol–water partition coefficient (Wildman–Crippen LogP) is 4.56. The van der Waals surface area contributed by atoms with Crippen LogP contribution in [0.1, 0.15) is 19.2 Å². The minimum atomic E-state index is -0.305. The quantitative estimate of drug-likeness (QED) is 0.617. The molecule has 0 radical (unpaired) electrons. The molecular weight excluding hydrogens is 353 g/mol. The van der Waals surface area contributed by atoms with Crippen LogP contribution >= 0.6 is 11.8 Å². The number of hydrogen-bond acceptors (Lipinski definition) is 5. The molecule has 3 rings (SSSR count). The zero-order valence-corrected chi connectivity index (χ0v) is 15.1. The van der Waals surface area contributed by atoms with Gasteiger partial charge in [-0.1, -0.05) is 6.92 Å². The summed E-state index contributed by atoms with van der Waals surface area (Å²) in [5.74, 6) is 1.53. The zero-order chi connectivity index (χ0) is 18.4. The molecule has 0 saturated heterocycles. The molecule has 1 N–H and O–H groups in total. The van der Waals surface area contributed by atoms with Crippen molar-refractivity contribution < 1.29 is 13.6 Å². The average Bonchev–Trinajstić information content (AvgIpc) is 3.11. The highest BCUT2D eigenvalue weighted by atomic mass is 32.2. The van der Waals surface area contributed by atoms with E-state index in [1.807, 2.05) is 12.1 Å². The summed E-state index contributed by atoms with van der Waals surface area (Å²) in [5.41, 5.74) is 1.40. The number of benzene rings is 1. The Bertz CT molecular complexity index is 863. The predicted molar refractivity (Wildman–Crippen MR) is 99.5 cm³/mol. The molecule has 26 heavy (non-hydrogen) atoms. The number of amides is 1. The van der Waals surface area contributed by atoms with Gasteiger partial charge < -0.3 is 9.73 Å². The van der Waals surface area contributed by atoms with Gasteiger partial charge >= 0.3 is 0 Å². The molecule has 134 valence electrons. The number of anilines is 1. The van der Waals surface area contributed by atoms with Crippen molar-refractivity contribution in [1.82, 2.24) is 9.97 Å². The standard InChI is InChI=1S/C19H18FN3O2S/c1-2-26-19-10-7-15(11-22-19)23-17(24)8-9-18-21-12-16(25-18)13-3-5-14(20)6-4-13/h3-7,10-12H,2,8-9H2,1H3,(H,23,24). The summed E-state index contributed by atoms with van der Waals surface area (Å²) in [6.07, 6.45) is 3.85. The summed E-state index contributed by atoms with van der Waals surface area (Å²) in [4.78, 5) is 20.5. The normalized spacial score (nSPS) is 10.7. The zero-order valence-electron chi connectivity index (χ0n) is 14.2. The summed E-state index contributed by atoms with van der Waals surface area (Å²) in [7, 11) is 0. The van der Waals surface area contributed by atoms with Gasteiger partial charge in [0.25, 0.3) is 0 Å². The fourth-order valence-electron chi connectivity index (χ4n) is 2.30. The maximum atomic E-state index is 13.0. The maximum absolute atomic E-state index is 13.0. The van der Waals surface area contributed by atoms with E-state index < -0.39 is 0 Å². The van der Waals surface area contributed by atoms with Crippen molar-refractivity contribution in [3.05, 3.63) is 60.5 Å². The van der Waals surface area contributed by atoms with Crippen LogP contribution in [0.2, 0.25) is 0 Å². The van der Waals surface area contributed by atoms with Gasteiger partial charge in [-0.15, -0.1) is 11.8 Å². The molecular formula is C19H18FN3O2S. The number of nitrogens with one attached hydrogen (secondary N) is 1. The first-order valence-corrected chi connectivity index (χ1v) is 9.22. The second-order valence-electron chi connectivity index (χ2n) is 5.49. The van der Waals surface area contributed by atoms with Gasteiger partial charge in [-0.25, -0.2) is 14.4 Å². The maximum Gasteiger partial charge on any atom is 0.224 e. The van der Waals surface area contributed by atoms with Crippen LogP contribution in [0.4, 0.5) is 10.1 Å². The molecule has 2 heterocycles. The summed E-state index contributed by atoms with van der Waals surface area (Å²) in [5, 5.41) is 3.73. The van der Waals surface area contributed by atoms with Gasteiger partial charge in [0.1, 0.15) is 5.82 Å². The van der Waals surface area contributed by atoms with Crippen LogP contribution < -0.4 is 5.32 Å². The molecule has 5 nitrogen and oxygen atoms in total. The number of pyridine rings is 1. The Kier molecular flexibility index (Phi) is 6.01. The minimum absolute atomic E-state index is 0.135. The van der Waals surface area contributed by atoms with Crippen LogP contribution in [-0.4, -0.2) is 21.6 Å². The molecule has 0 spiro atoms. The van der Waals surface area contributed by atoms with Gasteiger partial charge in [-0.05, 0) is 42.2 Å². The number of carbonyl (C=O) groups excluding carboxylic acids is 1. The average molecular weight is 371 g/mol. The van der Waals surface area contributed by atoms with Crippen molar-refractivity contribution in [2.45, 2.75) is 24.8 Å². The highest BCUT2D eigenvalue weighted by Gasteiger charge is 2.10. The van der Waals surface area contributed by atoms with Gasteiger partial charge in [-0.3, -0.25) is 4.79 Å². The largest absolute Gasteiger partial charge is 0.441 e. The second kappa shape index (κ2) is 8.62. The van der Waals surface area contributed by atoms with Crippen molar-refractivity contribution in [2.24, 2.45) is 0 Å². The van der Waals surface area contributed by atoms with Crippen molar-refractivity contribution in [3.63, 3.8) is 0 Å². The molecule has 3 aromatic rings. The van der Waals surface area contributed by atoms with E-state index in [-0.39, 0.29) is 18.1 Å². The number of halogens is 1. The van der Waals surface area contributed by atoms with Crippen LogP contribution in [0.5, 0.6) is 0 Å². The highest BCUT2D eigenvalue weighted by Crippen LogP contribution is 2.21. The third-order valence-electron chi connectivity index (χ3n) is 3.56. The Labute approximate surface area is 155 Å². The number of aromatic nitrogens is 2. The van der Waals surface area contributed by atoms with Crippen LogP contribution in [0.25, 0.3) is 11.3 Å². The topological polar surface area (TPSA) is 68.0 Å². The van der Waals surface area contributed by atoms with Gasteiger partial charge in [0.2, 0.25) is 5.91 Å². The summed E-state index contributed by atoms with van der Waals surface area (Å²) >= 11 is 1.65. The van der Waals surface area contributed by atoms with E-state index in [4.69, 9.17) is 4.42 Å². The van der Waals surface area contributed by atoms with Crippen LogP contribution in [0.15, 0.2) is 58.2 Å². The first kappa shape index (κ1) is 18.1. The fourth-order valence-corrected chi connectivity index (χ4v) is 2.89. The number of thioether (sulfide) groups is 1. The number of nitrogens with zero attached hydrogens (tertiary/aromatic N) is 2. The molecule has 7 heteroatoms. The van der Waals surface area contributed by atoms with Gasteiger partial charge in [0.15, 0.2) is 11.7 Å². The van der Waals surface area contributed by atoms with Crippen LogP contribution in [0, 0.1) is 5.82 Å². The highest BCUT2D eigenvalue weighted by molar-refractivity contribution is 7.99. The molecule has 1 aromatic carbocycles. The lowest BCUT2D eigenvalue weighted by atomic mass is 10.2. The molecule has 0 atom stereocenters. The van der Waals surface area contributed by atoms with E-state index in [0.717, 1.165) is 16.3 Å². The van der Waals surface area contributed by atoms with Crippen molar-refractivity contribution in [2.75, 3.05) is 11.1 Å². The number of carbonyl (C=O) groups is 1. The van der Waals surface area contributed by atoms with Gasteiger partial charge in [-0.2, -0.15) is 0 Å². The van der Waals surface area contributed by atoms with E-state index in [9.17, 15) is 9.18 Å². The number of hydrogen-bond donors (Lipinski definition) is 1. The molecule has 0 fully saturated rings. The van der Waals surface area contributed by atoms with E-state index in [1.54, 1.807) is 36.3 Å². The molecule has 2 aromatic heterocycles. The van der Waals surface area contributed by atoms with Crippen molar-refractivity contribution in [1.29, 1.82) is 0 Å². The number of rotatable bonds is 7. The van der Waals surface area contributed by atoms with Gasteiger partial charge in [0.05, 0.1) is 23.1 Å².